The molecule has 3 heteroatoms. The number of fused-ring (bicyclic) bond motifs is 5. The van der Waals surface area contributed by atoms with Crippen molar-refractivity contribution < 1.29 is 13.9 Å². The smallest absolute Gasteiger partial charge is 0.367 e. The fourth-order valence-electron chi connectivity index (χ4n) is 4.77. The lowest BCUT2D eigenvalue weighted by Gasteiger charge is -2.39. The molecule has 0 aromatic heterocycles. The van der Waals surface area contributed by atoms with Gasteiger partial charge in [-0.2, -0.15) is 4.39 Å². The van der Waals surface area contributed by atoms with E-state index in [4.69, 9.17) is 4.74 Å². The topological polar surface area (TPSA) is 26.3 Å². The highest BCUT2D eigenvalue weighted by Crippen LogP contribution is 2.63. The van der Waals surface area contributed by atoms with Crippen LogP contribution >= 0.6 is 0 Å². The first-order valence-electron chi connectivity index (χ1n) is 6.59. The van der Waals surface area contributed by atoms with Crippen LogP contribution in [0, 0.1) is 23.7 Å². The number of carbonyl (C=O) groups excluding carboxylic acids is 1. The first-order valence-corrected chi connectivity index (χ1v) is 6.59. The molecule has 17 heavy (non-hydrogen) atoms. The summed E-state index contributed by atoms with van der Waals surface area (Å²) in [5, 5.41) is 0. The monoisotopic (exact) mass is 238 g/mol. The maximum atomic E-state index is 12.8. The Morgan fingerprint density at radius 3 is 2.82 bits per heavy atom. The van der Waals surface area contributed by atoms with Crippen LogP contribution in [0.5, 0.6) is 0 Å². The van der Waals surface area contributed by atoms with Crippen molar-refractivity contribution in [1.29, 1.82) is 0 Å². The van der Waals surface area contributed by atoms with E-state index in [0.29, 0.717) is 17.8 Å². The number of hydrogen-bond donors (Lipinski definition) is 0. The molecule has 5 unspecified atom stereocenters. The van der Waals surface area contributed by atoms with Crippen LogP contribution in [-0.2, 0) is 9.53 Å². The number of esters is 1. The van der Waals surface area contributed by atoms with Crippen LogP contribution in [0.3, 0.4) is 0 Å². The minimum atomic E-state index is -0.975. The normalized spacial score (nSPS) is 46.9. The Morgan fingerprint density at radius 2 is 2.12 bits per heavy atom. The SMILES string of the molecule is C=C(F)C(=O)OC1(C)CC2CC1C1CCCC21. The lowest BCUT2D eigenvalue weighted by molar-refractivity contribution is -0.163. The van der Waals surface area contributed by atoms with E-state index in [1.165, 1.54) is 19.3 Å². The average molecular weight is 238 g/mol. The molecule has 3 rings (SSSR count). The van der Waals surface area contributed by atoms with E-state index in [1.54, 1.807) is 0 Å². The zero-order valence-corrected chi connectivity index (χ0v) is 10.2. The molecule has 3 aliphatic carbocycles. The number of hydrogen-bond acceptors (Lipinski definition) is 2. The van der Waals surface area contributed by atoms with Crippen molar-refractivity contribution in [2.24, 2.45) is 23.7 Å². The molecule has 0 spiro atoms. The van der Waals surface area contributed by atoms with Crippen LogP contribution in [-0.4, -0.2) is 11.6 Å². The van der Waals surface area contributed by atoms with Gasteiger partial charge in [-0.3, -0.25) is 0 Å². The van der Waals surface area contributed by atoms with Crippen molar-refractivity contribution in [3.05, 3.63) is 12.4 Å². The second-order valence-corrected chi connectivity index (χ2v) is 6.17. The molecule has 0 aromatic rings. The first-order chi connectivity index (χ1) is 8.01. The lowest BCUT2D eigenvalue weighted by Crippen LogP contribution is -2.42. The minimum Gasteiger partial charge on any atom is -0.454 e. The molecular formula is C14H19FO2. The van der Waals surface area contributed by atoms with Gasteiger partial charge in [0.1, 0.15) is 5.60 Å². The fraction of sp³-hybridized carbons (Fsp3) is 0.786. The predicted octanol–water partition coefficient (Wildman–Crippen LogP) is 3.23. The van der Waals surface area contributed by atoms with E-state index in [0.717, 1.165) is 18.8 Å². The van der Waals surface area contributed by atoms with Crippen molar-refractivity contribution in [2.75, 3.05) is 0 Å². The Morgan fingerprint density at radius 1 is 1.41 bits per heavy atom. The van der Waals surface area contributed by atoms with Gasteiger partial charge >= 0.3 is 5.97 Å². The summed E-state index contributed by atoms with van der Waals surface area (Å²) in [7, 11) is 0. The molecule has 94 valence electrons. The van der Waals surface area contributed by atoms with Gasteiger partial charge in [0.25, 0.3) is 0 Å². The quantitative estimate of drug-likeness (QED) is 0.545. The van der Waals surface area contributed by atoms with E-state index in [2.05, 4.69) is 6.58 Å². The third-order valence-corrected chi connectivity index (χ3v) is 5.30. The van der Waals surface area contributed by atoms with Gasteiger partial charge in [-0.05, 0) is 50.4 Å². The Hall–Kier alpha value is -0.860. The van der Waals surface area contributed by atoms with Crippen molar-refractivity contribution in [2.45, 2.75) is 44.6 Å². The molecular weight excluding hydrogens is 219 g/mol. The third kappa shape index (κ3) is 1.54. The van der Waals surface area contributed by atoms with Gasteiger partial charge in [0.05, 0.1) is 0 Å². The van der Waals surface area contributed by atoms with Crippen LogP contribution in [0.4, 0.5) is 4.39 Å². The number of rotatable bonds is 2. The van der Waals surface area contributed by atoms with E-state index in [-0.39, 0.29) is 0 Å². The van der Waals surface area contributed by atoms with Crippen molar-refractivity contribution in [3.8, 4) is 0 Å². The first kappa shape index (κ1) is 11.2. The molecule has 0 aromatic carbocycles. The zero-order chi connectivity index (χ0) is 12.2. The van der Waals surface area contributed by atoms with Crippen molar-refractivity contribution in [3.63, 3.8) is 0 Å². The summed E-state index contributed by atoms with van der Waals surface area (Å²) in [6.45, 7) is 4.99. The van der Waals surface area contributed by atoms with E-state index < -0.39 is 17.4 Å². The Kier molecular flexibility index (Phi) is 2.36. The van der Waals surface area contributed by atoms with Gasteiger partial charge in [-0.25, -0.2) is 4.79 Å². The lowest BCUT2D eigenvalue weighted by atomic mass is 9.73. The predicted molar refractivity (Wildman–Crippen MR) is 61.8 cm³/mol. The summed E-state index contributed by atoms with van der Waals surface area (Å²) < 4.78 is 18.1. The molecule has 0 amide bonds. The Bertz CT molecular complexity index is 378. The second kappa shape index (κ2) is 3.56. The average Bonchev–Trinajstić information content (AvgIpc) is 2.86. The molecule has 0 saturated heterocycles. The highest BCUT2D eigenvalue weighted by atomic mass is 19.1. The van der Waals surface area contributed by atoms with Crippen LogP contribution in [0.2, 0.25) is 0 Å². The van der Waals surface area contributed by atoms with E-state index in [1.807, 2.05) is 6.92 Å². The van der Waals surface area contributed by atoms with Crippen LogP contribution < -0.4 is 0 Å². The van der Waals surface area contributed by atoms with Gasteiger partial charge in [0.15, 0.2) is 0 Å². The molecule has 3 aliphatic rings. The molecule has 0 aliphatic heterocycles. The van der Waals surface area contributed by atoms with Crippen LogP contribution in [0.25, 0.3) is 0 Å². The summed E-state index contributed by atoms with van der Waals surface area (Å²) in [5.41, 5.74) is -0.442. The van der Waals surface area contributed by atoms with Gasteiger partial charge in [-0.1, -0.05) is 13.0 Å². The van der Waals surface area contributed by atoms with Crippen molar-refractivity contribution >= 4 is 5.97 Å². The molecule has 0 heterocycles. The van der Waals surface area contributed by atoms with Crippen molar-refractivity contribution in [1.82, 2.24) is 0 Å². The van der Waals surface area contributed by atoms with Gasteiger partial charge < -0.3 is 4.74 Å². The summed E-state index contributed by atoms with van der Waals surface area (Å²) in [6, 6.07) is 0. The molecule has 2 nitrogen and oxygen atoms in total. The molecule has 3 fully saturated rings. The largest absolute Gasteiger partial charge is 0.454 e. The molecule has 0 N–H and O–H groups in total. The van der Waals surface area contributed by atoms with E-state index in [9.17, 15) is 9.18 Å². The van der Waals surface area contributed by atoms with Crippen LogP contribution in [0.15, 0.2) is 12.4 Å². The summed E-state index contributed by atoms with van der Waals surface area (Å²) >= 11 is 0. The summed E-state index contributed by atoms with van der Waals surface area (Å²) in [6.07, 6.45) is 5.99. The summed E-state index contributed by atoms with van der Waals surface area (Å²) in [4.78, 5) is 11.4. The maximum absolute atomic E-state index is 12.8. The van der Waals surface area contributed by atoms with Crippen LogP contribution in [0.1, 0.15) is 39.0 Å². The molecule has 5 atom stereocenters. The maximum Gasteiger partial charge on any atom is 0.367 e. The van der Waals surface area contributed by atoms with Gasteiger partial charge in [0, 0.05) is 5.92 Å². The third-order valence-electron chi connectivity index (χ3n) is 5.30. The molecule has 0 radical (unpaired) electrons. The Balaban J connectivity index is 1.77. The zero-order valence-electron chi connectivity index (χ0n) is 10.2. The standard InChI is InChI=1S/C14H19FO2/c1-8(15)13(16)17-14(2)7-9-6-12(14)11-5-3-4-10(9)11/h9-12H,1,3-7H2,2H3. The minimum absolute atomic E-state index is 0.442. The Labute approximate surface area is 101 Å². The highest BCUT2D eigenvalue weighted by Gasteiger charge is 2.60. The second-order valence-electron chi connectivity index (χ2n) is 6.17. The van der Waals surface area contributed by atoms with Gasteiger partial charge in [-0.15, -0.1) is 0 Å². The highest BCUT2D eigenvalue weighted by molar-refractivity contribution is 5.85. The number of ether oxygens (including phenoxy) is 1. The number of carbonyl (C=O) groups is 1. The van der Waals surface area contributed by atoms with Gasteiger partial charge in [0.2, 0.25) is 5.83 Å². The van der Waals surface area contributed by atoms with E-state index >= 15 is 0 Å². The molecule has 3 saturated carbocycles. The summed E-state index contributed by atoms with van der Waals surface area (Å²) in [5.74, 6) is 0.854. The number of halogens is 1. The molecule has 2 bridgehead atoms. The fourth-order valence-corrected chi connectivity index (χ4v) is 4.77.